The number of hydrogen-bond donors (Lipinski definition) is 2. The summed E-state index contributed by atoms with van der Waals surface area (Å²) in [5.74, 6) is -0.287. The molecule has 1 amide bonds. The lowest BCUT2D eigenvalue weighted by molar-refractivity contribution is -0.127. The van der Waals surface area contributed by atoms with Crippen LogP contribution in [0.25, 0.3) is 0 Å². The zero-order valence-corrected chi connectivity index (χ0v) is 11.1. The lowest BCUT2D eigenvalue weighted by atomic mass is 10.2. The van der Waals surface area contributed by atoms with E-state index in [1.54, 1.807) is 13.0 Å². The normalized spacial score (nSPS) is 11.9. The van der Waals surface area contributed by atoms with Gasteiger partial charge in [0.2, 0.25) is 0 Å². The molecular formula is C14H20FNO3. The van der Waals surface area contributed by atoms with Crippen LogP contribution in [0.1, 0.15) is 26.2 Å². The molecule has 19 heavy (non-hydrogen) atoms. The van der Waals surface area contributed by atoms with Crippen LogP contribution in [0.3, 0.4) is 0 Å². The van der Waals surface area contributed by atoms with Gasteiger partial charge in [-0.15, -0.1) is 0 Å². The standard InChI is InChI=1S/C14H20FNO3/c1-11(14(18)16-8-3-2-4-9-17)19-13-7-5-6-12(15)10-13/h5-7,10-11,17H,2-4,8-9H2,1H3,(H,16,18). The molecule has 0 bridgehead atoms. The average molecular weight is 269 g/mol. The molecule has 0 saturated carbocycles. The smallest absolute Gasteiger partial charge is 0.260 e. The topological polar surface area (TPSA) is 58.6 Å². The highest BCUT2D eigenvalue weighted by molar-refractivity contribution is 5.80. The second-order valence-corrected chi connectivity index (χ2v) is 4.29. The first-order valence-electron chi connectivity index (χ1n) is 6.44. The Morgan fingerprint density at radius 2 is 2.21 bits per heavy atom. The van der Waals surface area contributed by atoms with Crippen LogP contribution >= 0.6 is 0 Å². The van der Waals surface area contributed by atoms with Crippen LogP contribution in [-0.2, 0) is 4.79 Å². The summed E-state index contributed by atoms with van der Waals surface area (Å²) in [5, 5.41) is 11.3. The maximum atomic E-state index is 12.9. The third-order valence-corrected chi connectivity index (χ3v) is 2.61. The van der Waals surface area contributed by atoms with Crippen molar-refractivity contribution >= 4 is 5.91 Å². The van der Waals surface area contributed by atoms with E-state index in [9.17, 15) is 9.18 Å². The summed E-state index contributed by atoms with van der Waals surface area (Å²) < 4.78 is 18.3. The number of carbonyl (C=O) groups excluding carboxylic acids is 1. The number of ether oxygens (including phenoxy) is 1. The predicted octanol–water partition coefficient (Wildman–Crippen LogP) is 1.87. The molecule has 0 aliphatic carbocycles. The SMILES string of the molecule is CC(Oc1cccc(F)c1)C(=O)NCCCCCO. The Kier molecular flexibility index (Phi) is 6.89. The van der Waals surface area contributed by atoms with Crippen LogP contribution in [0.5, 0.6) is 5.75 Å². The van der Waals surface area contributed by atoms with E-state index in [-0.39, 0.29) is 12.5 Å². The summed E-state index contributed by atoms with van der Waals surface area (Å²) in [6.07, 6.45) is 1.76. The van der Waals surface area contributed by atoms with E-state index in [4.69, 9.17) is 9.84 Å². The Hall–Kier alpha value is -1.62. The molecule has 1 aromatic rings. The monoisotopic (exact) mass is 269 g/mol. The van der Waals surface area contributed by atoms with Gasteiger partial charge < -0.3 is 15.2 Å². The Morgan fingerprint density at radius 3 is 2.89 bits per heavy atom. The zero-order valence-electron chi connectivity index (χ0n) is 11.1. The molecule has 0 aliphatic heterocycles. The Morgan fingerprint density at radius 1 is 1.42 bits per heavy atom. The fourth-order valence-corrected chi connectivity index (χ4v) is 1.57. The molecule has 0 aliphatic rings. The predicted molar refractivity (Wildman–Crippen MR) is 70.4 cm³/mol. The fraction of sp³-hybridized carbons (Fsp3) is 0.500. The van der Waals surface area contributed by atoms with Gasteiger partial charge in [0.25, 0.3) is 5.91 Å². The van der Waals surface area contributed by atoms with Crippen molar-refractivity contribution in [2.24, 2.45) is 0 Å². The summed E-state index contributed by atoms with van der Waals surface area (Å²) in [6, 6.07) is 5.70. The molecule has 1 aromatic carbocycles. The summed E-state index contributed by atoms with van der Waals surface area (Å²) >= 11 is 0. The molecular weight excluding hydrogens is 249 g/mol. The van der Waals surface area contributed by atoms with Crippen molar-refractivity contribution in [2.45, 2.75) is 32.3 Å². The minimum absolute atomic E-state index is 0.174. The van der Waals surface area contributed by atoms with Crippen LogP contribution in [-0.4, -0.2) is 30.3 Å². The molecule has 0 spiro atoms. The molecule has 1 rings (SSSR count). The number of rotatable bonds is 8. The first-order valence-corrected chi connectivity index (χ1v) is 6.44. The minimum Gasteiger partial charge on any atom is -0.481 e. The molecule has 0 radical (unpaired) electrons. The third kappa shape index (κ3) is 6.20. The van der Waals surface area contributed by atoms with E-state index in [2.05, 4.69) is 5.32 Å². The number of halogens is 1. The van der Waals surface area contributed by atoms with Crippen molar-refractivity contribution in [1.29, 1.82) is 0 Å². The Bertz CT molecular complexity index is 398. The molecule has 5 heteroatoms. The van der Waals surface area contributed by atoms with Gasteiger partial charge in [-0.2, -0.15) is 0 Å². The molecule has 106 valence electrons. The van der Waals surface area contributed by atoms with Gasteiger partial charge in [0.15, 0.2) is 6.10 Å². The van der Waals surface area contributed by atoms with Gasteiger partial charge in [-0.25, -0.2) is 4.39 Å². The van der Waals surface area contributed by atoms with Crippen LogP contribution < -0.4 is 10.1 Å². The number of aliphatic hydroxyl groups is 1. The molecule has 1 unspecified atom stereocenters. The van der Waals surface area contributed by atoms with E-state index in [1.807, 2.05) is 0 Å². The van der Waals surface area contributed by atoms with Gasteiger partial charge in [-0.1, -0.05) is 6.07 Å². The summed E-state index contributed by atoms with van der Waals surface area (Å²) in [4.78, 5) is 11.7. The highest BCUT2D eigenvalue weighted by Gasteiger charge is 2.13. The van der Waals surface area contributed by atoms with Crippen molar-refractivity contribution in [3.8, 4) is 5.75 Å². The van der Waals surface area contributed by atoms with Gasteiger partial charge in [0.05, 0.1) is 0 Å². The van der Waals surface area contributed by atoms with Gasteiger partial charge in [-0.05, 0) is 38.3 Å². The van der Waals surface area contributed by atoms with Gasteiger partial charge >= 0.3 is 0 Å². The second kappa shape index (κ2) is 8.48. The molecule has 4 nitrogen and oxygen atoms in total. The Labute approximate surface area is 112 Å². The molecule has 2 N–H and O–H groups in total. The molecule has 0 heterocycles. The van der Waals surface area contributed by atoms with Crippen molar-refractivity contribution in [1.82, 2.24) is 5.32 Å². The maximum Gasteiger partial charge on any atom is 0.260 e. The van der Waals surface area contributed by atoms with E-state index >= 15 is 0 Å². The first kappa shape index (κ1) is 15.4. The lowest BCUT2D eigenvalue weighted by Gasteiger charge is -2.14. The minimum atomic E-state index is -0.667. The fourth-order valence-electron chi connectivity index (χ4n) is 1.57. The van der Waals surface area contributed by atoms with Crippen molar-refractivity contribution in [3.05, 3.63) is 30.1 Å². The maximum absolute atomic E-state index is 12.9. The van der Waals surface area contributed by atoms with Gasteiger partial charge in [0.1, 0.15) is 11.6 Å². The highest BCUT2D eigenvalue weighted by Crippen LogP contribution is 2.13. The number of nitrogens with one attached hydrogen (secondary N) is 1. The van der Waals surface area contributed by atoms with E-state index in [1.165, 1.54) is 18.2 Å². The van der Waals surface area contributed by atoms with Crippen molar-refractivity contribution < 1.29 is 19.0 Å². The number of carbonyl (C=O) groups is 1. The number of benzene rings is 1. The third-order valence-electron chi connectivity index (χ3n) is 2.61. The summed E-state index contributed by atoms with van der Waals surface area (Å²) in [6.45, 7) is 2.34. The number of amides is 1. The molecule has 0 fully saturated rings. The molecule has 0 saturated heterocycles. The number of aliphatic hydroxyl groups excluding tert-OH is 1. The van der Waals surface area contributed by atoms with E-state index < -0.39 is 11.9 Å². The number of hydrogen-bond acceptors (Lipinski definition) is 3. The highest BCUT2D eigenvalue weighted by atomic mass is 19.1. The summed E-state index contributed by atoms with van der Waals surface area (Å²) in [5.41, 5.74) is 0. The first-order chi connectivity index (χ1) is 9.13. The van der Waals surface area contributed by atoms with E-state index in [0.717, 1.165) is 19.3 Å². The van der Waals surface area contributed by atoms with Gasteiger partial charge in [0, 0.05) is 19.2 Å². The zero-order chi connectivity index (χ0) is 14.1. The van der Waals surface area contributed by atoms with Gasteiger partial charge in [-0.3, -0.25) is 4.79 Å². The van der Waals surface area contributed by atoms with Crippen LogP contribution in [0.2, 0.25) is 0 Å². The summed E-state index contributed by atoms with van der Waals surface area (Å²) in [7, 11) is 0. The second-order valence-electron chi connectivity index (χ2n) is 4.29. The van der Waals surface area contributed by atoms with E-state index in [0.29, 0.717) is 12.3 Å². The van der Waals surface area contributed by atoms with Crippen molar-refractivity contribution in [3.63, 3.8) is 0 Å². The van der Waals surface area contributed by atoms with Crippen molar-refractivity contribution in [2.75, 3.05) is 13.2 Å². The lowest BCUT2D eigenvalue weighted by Crippen LogP contribution is -2.36. The Balaban J connectivity index is 2.28. The number of unbranched alkanes of at least 4 members (excludes halogenated alkanes) is 2. The largest absolute Gasteiger partial charge is 0.481 e. The van der Waals surface area contributed by atoms with Crippen LogP contribution in [0.4, 0.5) is 4.39 Å². The quantitative estimate of drug-likeness (QED) is 0.708. The average Bonchev–Trinajstić information content (AvgIpc) is 2.38. The molecule has 0 aromatic heterocycles. The van der Waals surface area contributed by atoms with Crippen LogP contribution in [0.15, 0.2) is 24.3 Å². The molecule has 1 atom stereocenters. The van der Waals surface area contributed by atoms with Crippen LogP contribution in [0, 0.1) is 5.82 Å².